The van der Waals surface area contributed by atoms with E-state index in [0.717, 1.165) is 30.6 Å². The van der Waals surface area contributed by atoms with Crippen molar-refractivity contribution in [3.63, 3.8) is 0 Å². The van der Waals surface area contributed by atoms with Gasteiger partial charge in [-0.25, -0.2) is 0 Å². The van der Waals surface area contributed by atoms with Crippen LogP contribution < -0.4 is 10.1 Å². The van der Waals surface area contributed by atoms with Gasteiger partial charge in [-0.2, -0.15) is 0 Å². The number of benzene rings is 1. The molecule has 0 spiro atoms. The Balaban J connectivity index is 1.41. The number of piperidine rings is 1. The predicted molar refractivity (Wildman–Crippen MR) is 108 cm³/mol. The second kappa shape index (κ2) is 8.39. The lowest BCUT2D eigenvalue weighted by atomic mass is 9.84. The molecule has 0 radical (unpaired) electrons. The van der Waals surface area contributed by atoms with Crippen LogP contribution in [0.4, 0.5) is 0 Å². The summed E-state index contributed by atoms with van der Waals surface area (Å²) < 4.78 is 6.26. The number of fused-ring (bicyclic) bond motifs is 1. The summed E-state index contributed by atoms with van der Waals surface area (Å²) in [5.41, 5.74) is 1.51. The van der Waals surface area contributed by atoms with Crippen molar-refractivity contribution in [2.45, 2.75) is 70.1 Å². The minimum atomic E-state index is -0.582. The van der Waals surface area contributed by atoms with Gasteiger partial charge in [-0.15, -0.1) is 6.58 Å². The number of hydrogen-bond donors (Lipinski definition) is 1. The first kappa shape index (κ1) is 19.7. The first-order valence-electron chi connectivity index (χ1n) is 10.6. The highest BCUT2D eigenvalue weighted by molar-refractivity contribution is 6.05. The summed E-state index contributed by atoms with van der Waals surface area (Å²) >= 11 is 0. The summed E-state index contributed by atoms with van der Waals surface area (Å²) in [6, 6.07) is 5.02. The molecule has 29 heavy (non-hydrogen) atoms. The van der Waals surface area contributed by atoms with Gasteiger partial charge in [0.2, 0.25) is 11.8 Å². The molecule has 1 aliphatic carbocycles. The van der Waals surface area contributed by atoms with Crippen LogP contribution in [0.15, 0.2) is 30.9 Å². The van der Waals surface area contributed by atoms with Crippen molar-refractivity contribution < 1.29 is 19.1 Å². The Hall–Kier alpha value is -2.63. The average Bonchev–Trinajstić information content (AvgIpc) is 3.02. The van der Waals surface area contributed by atoms with Gasteiger partial charge in [0.05, 0.1) is 6.10 Å². The normalized spacial score (nSPS) is 26.8. The molecule has 4 rings (SSSR count). The van der Waals surface area contributed by atoms with Gasteiger partial charge in [0, 0.05) is 18.5 Å². The van der Waals surface area contributed by atoms with Crippen LogP contribution in [0.2, 0.25) is 0 Å². The molecule has 2 aliphatic heterocycles. The largest absolute Gasteiger partial charge is 0.490 e. The molecule has 0 bridgehead atoms. The van der Waals surface area contributed by atoms with Crippen molar-refractivity contribution in [2.75, 3.05) is 0 Å². The Morgan fingerprint density at radius 3 is 2.86 bits per heavy atom. The minimum Gasteiger partial charge on any atom is -0.490 e. The van der Waals surface area contributed by atoms with Crippen molar-refractivity contribution >= 4 is 17.7 Å². The first-order chi connectivity index (χ1) is 14.0. The molecule has 3 amide bonds. The summed E-state index contributed by atoms with van der Waals surface area (Å²) in [5, 5.41) is 2.34. The third-order valence-electron chi connectivity index (χ3n) is 6.31. The number of allylic oxidation sites excluding steroid dienone is 1. The predicted octanol–water partition coefficient (Wildman–Crippen LogP) is 3.35. The number of nitrogens with one attached hydrogen (secondary N) is 1. The van der Waals surface area contributed by atoms with E-state index in [4.69, 9.17) is 4.74 Å². The third-order valence-corrected chi connectivity index (χ3v) is 6.31. The average molecular weight is 396 g/mol. The number of carbonyl (C=O) groups is 3. The fourth-order valence-electron chi connectivity index (χ4n) is 4.78. The molecule has 1 saturated carbocycles. The molecule has 0 aromatic heterocycles. The van der Waals surface area contributed by atoms with Crippen LogP contribution in [-0.4, -0.2) is 34.8 Å². The van der Waals surface area contributed by atoms with Gasteiger partial charge in [-0.1, -0.05) is 12.5 Å². The zero-order valence-corrected chi connectivity index (χ0v) is 16.7. The van der Waals surface area contributed by atoms with Gasteiger partial charge in [-0.3, -0.25) is 19.7 Å². The number of rotatable bonds is 6. The molecule has 6 heteroatoms. The molecule has 1 saturated heterocycles. The molecule has 1 aromatic carbocycles. The lowest BCUT2D eigenvalue weighted by Gasteiger charge is -2.29. The summed E-state index contributed by atoms with van der Waals surface area (Å²) in [6.07, 6.45) is 9.61. The van der Waals surface area contributed by atoms with Gasteiger partial charge >= 0.3 is 0 Å². The van der Waals surface area contributed by atoms with Crippen molar-refractivity contribution in [3.8, 4) is 5.75 Å². The number of hydrogen-bond acceptors (Lipinski definition) is 4. The van der Waals surface area contributed by atoms with E-state index in [9.17, 15) is 14.4 Å². The molecule has 3 atom stereocenters. The van der Waals surface area contributed by atoms with E-state index in [1.165, 1.54) is 19.3 Å². The first-order valence-corrected chi connectivity index (χ1v) is 10.6. The Morgan fingerprint density at radius 2 is 2.07 bits per heavy atom. The topological polar surface area (TPSA) is 75.7 Å². The SMILES string of the molecule is C=CCCC1CCC[C@@H](Oc2ccc3c(c2)CN(C2CCC(=O)NC2=O)C3=O)C1. The van der Waals surface area contributed by atoms with Crippen LogP contribution in [0.25, 0.3) is 0 Å². The molecule has 2 fully saturated rings. The standard InChI is InChI=1S/C23H28N2O4/c1-2-3-5-15-6-4-7-17(12-15)29-18-8-9-19-16(13-18)14-25(23(19)28)20-10-11-21(26)24-22(20)27/h2,8-9,13,15,17,20H,1,3-7,10-12,14H2,(H,24,26,27)/t15?,17-,20?/m1/s1. The Labute approximate surface area is 171 Å². The smallest absolute Gasteiger partial charge is 0.255 e. The maximum Gasteiger partial charge on any atom is 0.255 e. The van der Waals surface area contributed by atoms with Gasteiger partial charge in [0.1, 0.15) is 11.8 Å². The summed E-state index contributed by atoms with van der Waals surface area (Å²) in [4.78, 5) is 37.9. The zero-order valence-electron chi connectivity index (χ0n) is 16.7. The molecule has 6 nitrogen and oxygen atoms in total. The molecule has 2 heterocycles. The van der Waals surface area contributed by atoms with Crippen LogP contribution in [0, 0.1) is 5.92 Å². The van der Waals surface area contributed by atoms with Crippen molar-refractivity contribution in [1.82, 2.24) is 10.2 Å². The summed E-state index contributed by atoms with van der Waals surface area (Å²) in [6.45, 7) is 4.19. The lowest BCUT2D eigenvalue weighted by molar-refractivity contribution is -0.136. The van der Waals surface area contributed by atoms with Crippen LogP contribution in [0.5, 0.6) is 5.75 Å². The number of amides is 3. The van der Waals surface area contributed by atoms with Crippen LogP contribution in [0.3, 0.4) is 0 Å². The van der Waals surface area contributed by atoms with E-state index in [1.807, 2.05) is 18.2 Å². The third kappa shape index (κ3) is 4.21. The fraction of sp³-hybridized carbons (Fsp3) is 0.522. The molecule has 3 aliphatic rings. The van der Waals surface area contributed by atoms with Crippen LogP contribution in [0.1, 0.15) is 67.3 Å². The second-order valence-electron chi connectivity index (χ2n) is 8.36. The van der Waals surface area contributed by atoms with Gasteiger partial charge in [0.25, 0.3) is 5.91 Å². The number of ether oxygens (including phenoxy) is 1. The quantitative estimate of drug-likeness (QED) is 0.591. The molecule has 154 valence electrons. The van der Waals surface area contributed by atoms with Crippen LogP contribution >= 0.6 is 0 Å². The summed E-state index contributed by atoms with van der Waals surface area (Å²) in [5.74, 6) is 0.668. The molecular weight excluding hydrogens is 368 g/mol. The minimum absolute atomic E-state index is 0.150. The monoisotopic (exact) mass is 396 g/mol. The van der Waals surface area contributed by atoms with E-state index in [1.54, 1.807) is 11.0 Å². The van der Waals surface area contributed by atoms with E-state index in [0.29, 0.717) is 24.4 Å². The maximum absolute atomic E-state index is 12.8. The van der Waals surface area contributed by atoms with E-state index in [2.05, 4.69) is 11.9 Å². The maximum atomic E-state index is 12.8. The van der Waals surface area contributed by atoms with Gasteiger partial charge < -0.3 is 9.64 Å². The highest BCUT2D eigenvalue weighted by Crippen LogP contribution is 2.33. The Morgan fingerprint density at radius 1 is 1.21 bits per heavy atom. The van der Waals surface area contributed by atoms with Gasteiger partial charge in [0.15, 0.2) is 0 Å². The molecule has 1 N–H and O–H groups in total. The van der Waals surface area contributed by atoms with Crippen molar-refractivity contribution in [3.05, 3.63) is 42.0 Å². The van der Waals surface area contributed by atoms with Crippen molar-refractivity contribution in [1.29, 1.82) is 0 Å². The summed E-state index contributed by atoms with van der Waals surface area (Å²) in [7, 11) is 0. The Bertz CT molecular complexity index is 834. The number of carbonyl (C=O) groups excluding carboxylic acids is 3. The van der Waals surface area contributed by atoms with E-state index >= 15 is 0 Å². The van der Waals surface area contributed by atoms with E-state index < -0.39 is 6.04 Å². The van der Waals surface area contributed by atoms with E-state index in [-0.39, 0.29) is 30.2 Å². The molecular formula is C23H28N2O4. The second-order valence-corrected chi connectivity index (χ2v) is 8.36. The highest BCUT2D eigenvalue weighted by atomic mass is 16.5. The van der Waals surface area contributed by atoms with Gasteiger partial charge in [-0.05, 0) is 68.2 Å². The lowest BCUT2D eigenvalue weighted by Crippen LogP contribution is -2.52. The molecule has 2 unspecified atom stereocenters. The number of imide groups is 1. The number of nitrogens with zero attached hydrogens (tertiary/aromatic N) is 1. The fourth-order valence-corrected chi connectivity index (χ4v) is 4.78. The zero-order chi connectivity index (χ0) is 20.4. The van der Waals surface area contributed by atoms with Crippen molar-refractivity contribution in [2.24, 2.45) is 5.92 Å². The molecule has 1 aromatic rings. The highest BCUT2D eigenvalue weighted by Gasteiger charge is 2.39. The van der Waals surface area contributed by atoms with Crippen LogP contribution in [-0.2, 0) is 16.1 Å². The Kier molecular flexibility index (Phi) is 5.69.